The van der Waals surface area contributed by atoms with Crippen LogP contribution in [0, 0.1) is 13.8 Å². The largest absolute Gasteiger partial charge is 0.478 e. The number of carboxylic acid groups (broad SMARTS) is 1. The molecular formula is C13H13BrN4O3. The number of hydrogen-bond acceptors (Lipinski definition) is 3. The number of hydrogen-bond donors (Lipinski definition) is 4. The van der Waals surface area contributed by atoms with E-state index in [-0.39, 0.29) is 5.56 Å². The standard InChI is InChI=1S/C13H13BrN4O3/c1-6-11(7(2)18-17-6)16-13(21)15-10-5-8(12(19)20)3-4-9(10)14/h3-5H,1-2H3,(H,17,18)(H,19,20)(H2,15,16,21). The molecule has 8 heteroatoms. The van der Waals surface area contributed by atoms with Gasteiger partial charge in [-0.05, 0) is 48.0 Å². The Hall–Kier alpha value is -2.35. The summed E-state index contributed by atoms with van der Waals surface area (Å²) in [4.78, 5) is 22.9. The third-order valence-corrected chi connectivity index (χ3v) is 3.52. The van der Waals surface area contributed by atoms with Crippen molar-refractivity contribution in [1.82, 2.24) is 10.2 Å². The Morgan fingerprint density at radius 1 is 1.29 bits per heavy atom. The second-order valence-electron chi connectivity index (χ2n) is 4.39. The molecule has 0 aliphatic heterocycles. The van der Waals surface area contributed by atoms with Crippen molar-refractivity contribution < 1.29 is 14.7 Å². The molecule has 2 aromatic rings. The Morgan fingerprint density at radius 3 is 2.57 bits per heavy atom. The molecule has 4 N–H and O–H groups in total. The fraction of sp³-hybridized carbons (Fsp3) is 0.154. The molecule has 0 radical (unpaired) electrons. The molecule has 7 nitrogen and oxygen atoms in total. The minimum Gasteiger partial charge on any atom is -0.478 e. The Kier molecular flexibility index (Phi) is 4.27. The Labute approximate surface area is 128 Å². The van der Waals surface area contributed by atoms with Crippen molar-refractivity contribution in [3.63, 3.8) is 0 Å². The van der Waals surface area contributed by atoms with E-state index in [9.17, 15) is 9.59 Å². The molecule has 0 aliphatic carbocycles. The number of aromatic amines is 1. The zero-order valence-corrected chi connectivity index (χ0v) is 12.9. The van der Waals surface area contributed by atoms with Gasteiger partial charge in [-0.25, -0.2) is 9.59 Å². The highest BCUT2D eigenvalue weighted by atomic mass is 79.9. The number of halogens is 1. The summed E-state index contributed by atoms with van der Waals surface area (Å²) < 4.78 is 0.586. The zero-order valence-electron chi connectivity index (χ0n) is 11.3. The van der Waals surface area contributed by atoms with E-state index in [0.29, 0.717) is 21.5 Å². The summed E-state index contributed by atoms with van der Waals surface area (Å²) in [5.74, 6) is -1.06. The second-order valence-corrected chi connectivity index (χ2v) is 5.24. The molecule has 21 heavy (non-hydrogen) atoms. The van der Waals surface area contributed by atoms with Gasteiger partial charge in [-0.3, -0.25) is 5.10 Å². The molecule has 0 spiro atoms. The van der Waals surface area contributed by atoms with Gasteiger partial charge in [-0.15, -0.1) is 0 Å². The van der Waals surface area contributed by atoms with Crippen molar-refractivity contribution in [3.8, 4) is 0 Å². The molecule has 0 fully saturated rings. The average molecular weight is 353 g/mol. The number of aromatic carboxylic acids is 1. The lowest BCUT2D eigenvalue weighted by Gasteiger charge is -2.10. The number of amides is 2. The number of anilines is 2. The monoisotopic (exact) mass is 352 g/mol. The number of carbonyl (C=O) groups excluding carboxylic acids is 1. The molecule has 110 valence electrons. The Bertz CT molecular complexity index is 692. The Balaban J connectivity index is 2.16. The molecule has 1 aromatic heterocycles. The van der Waals surface area contributed by atoms with E-state index in [1.165, 1.54) is 12.1 Å². The predicted octanol–water partition coefficient (Wildman–Crippen LogP) is 3.13. The number of aryl methyl sites for hydroxylation is 2. The number of H-pyrrole nitrogens is 1. The topological polar surface area (TPSA) is 107 Å². The van der Waals surface area contributed by atoms with E-state index in [4.69, 9.17) is 5.11 Å². The molecule has 2 rings (SSSR count). The third-order valence-electron chi connectivity index (χ3n) is 2.83. The molecule has 0 aliphatic rings. The SMILES string of the molecule is Cc1n[nH]c(C)c1NC(=O)Nc1cc(C(=O)O)ccc1Br. The molecule has 0 bridgehead atoms. The van der Waals surface area contributed by atoms with Crippen molar-refractivity contribution in [1.29, 1.82) is 0 Å². The van der Waals surface area contributed by atoms with Crippen LogP contribution in [0.1, 0.15) is 21.7 Å². The molecule has 0 unspecified atom stereocenters. The van der Waals surface area contributed by atoms with Gasteiger partial charge in [0.25, 0.3) is 0 Å². The van der Waals surface area contributed by atoms with Gasteiger partial charge >= 0.3 is 12.0 Å². The highest BCUT2D eigenvalue weighted by Crippen LogP contribution is 2.24. The van der Waals surface area contributed by atoms with Crippen LogP contribution < -0.4 is 10.6 Å². The fourth-order valence-corrected chi connectivity index (χ4v) is 2.10. The molecule has 0 atom stereocenters. The van der Waals surface area contributed by atoms with Gasteiger partial charge < -0.3 is 15.7 Å². The van der Waals surface area contributed by atoms with Crippen LogP contribution >= 0.6 is 15.9 Å². The second kappa shape index (κ2) is 5.96. The van der Waals surface area contributed by atoms with E-state index in [1.807, 2.05) is 0 Å². The fourth-order valence-electron chi connectivity index (χ4n) is 1.76. The van der Waals surface area contributed by atoms with E-state index >= 15 is 0 Å². The van der Waals surface area contributed by atoms with Crippen molar-refractivity contribution >= 4 is 39.3 Å². The van der Waals surface area contributed by atoms with Gasteiger partial charge in [0.05, 0.1) is 28.3 Å². The van der Waals surface area contributed by atoms with E-state index < -0.39 is 12.0 Å². The van der Waals surface area contributed by atoms with Crippen LogP contribution in [0.25, 0.3) is 0 Å². The summed E-state index contributed by atoms with van der Waals surface area (Å²) in [6.45, 7) is 3.55. The van der Waals surface area contributed by atoms with E-state index in [1.54, 1.807) is 19.9 Å². The molecular weight excluding hydrogens is 340 g/mol. The van der Waals surface area contributed by atoms with Crippen molar-refractivity contribution in [2.45, 2.75) is 13.8 Å². The van der Waals surface area contributed by atoms with Crippen LogP contribution in [0.4, 0.5) is 16.2 Å². The van der Waals surface area contributed by atoms with Gasteiger partial charge in [0, 0.05) is 4.47 Å². The van der Waals surface area contributed by atoms with Crippen LogP contribution in [-0.2, 0) is 0 Å². The number of carboxylic acids is 1. The summed E-state index contributed by atoms with van der Waals surface area (Å²) in [6.07, 6.45) is 0. The van der Waals surface area contributed by atoms with Gasteiger partial charge in [0.1, 0.15) is 0 Å². The lowest BCUT2D eigenvalue weighted by molar-refractivity contribution is 0.0697. The third kappa shape index (κ3) is 3.40. The normalized spacial score (nSPS) is 10.2. The molecule has 1 heterocycles. The van der Waals surface area contributed by atoms with Gasteiger partial charge in [-0.1, -0.05) is 0 Å². The number of urea groups is 1. The van der Waals surface area contributed by atoms with Crippen LogP contribution in [0.3, 0.4) is 0 Å². The molecule has 0 saturated heterocycles. The minimum atomic E-state index is -1.06. The van der Waals surface area contributed by atoms with E-state index in [0.717, 1.165) is 5.69 Å². The van der Waals surface area contributed by atoms with Crippen LogP contribution in [0.5, 0.6) is 0 Å². The predicted molar refractivity (Wildman–Crippen MR) is 81.8 cm³/mol. The number of carbonyl (C=O) groups is 2. The van der Waals surface area contributed by atoms with Crippen molar-refractivity contribution in [3.05, 3.63) is 39.6 Å². The number of benzene rings is 1. The first-order valence-electron chi connectivity index (χ1n) is 6.01. The minimum absolute atomic E-state index is 0.0872. The summed E-state index contributed by atoms with van der Waals surface area (Å²) in [7, 11) is 0. The smallest absolute Gasteiger partial charge is 0.335 e. The summed E-state index contributed by atoms with van der Waals surface area (Å²) >= 11 is 3.26. The zero-order chi connectivity index (χ0) is 15.6. The van der Waals surface area contributed by atoms with Crippen molar-refractivity contribution in [2.24, 2.45) is 0 Å². The van der Waals surface area contributed by atoms with Crippen LogP contribution in [-0.4, -0.2) is 27.3 Å². The first-order valence-corrected chi connectivity index (χ1v) is 6.80. The van der Waals surface area contributed by atoms with Crippen LogP contribution in [0.2, 0.25) is 0 Å². The number of nitrogens with zero attached hydrogens (tertiary/aromatic N) is 1. The number of rotatable bonds is 3. The molecule has 0 saturated carbocycles. The number of aromatic nitrogens is 2. The lowest BCUT2D eigenvalue weighted by Crippen LogP contribution is -2.20. The average Bonchev–Trinajstić information content (AvgIpc) is 2.73. The molecule has 2 amide bonds. The van der Waals surface area contributed by atoms with Gasteiger partial charge in [0.2, 0.25) is 0 Å². The van der Waals surface area contributed by atoms with Gasteiger partial charge in [0.15, 0.2) is 0 Å². The van der Waals surface area contributed by atoms with Crippen LogP contribution in [0.15, 0.2) is 22.7 Å². The summed E-state index contributed by atoms with van der Waals surface area (Å²) in [6, 6.07) is 3.90. The number of nitrogens with one attached hydrogen (secondary N) is 3. The highest BCUT2D eigenvalue weighted by Gasteiger charge is 2.13. The van der Waals surface area contributed by atoms with Gasteiger partial charge in [-0.2, -0.15) is 5.10 Å². The first kappa shape index (κ1) is 15.0. The maximum atomic E-state index is 12.0. The summed E-state index contributed by atoms with van der Waals surface area (Å²) in [5.41, 5.74) is 2.45. The maximum absolute atomic E-state index is 12.0. The van der Waals surface area contributed by atoms with Crippen molar-refractivity contribution in [2.75, 3.05) is 10.6 Å². The maximum Gasteiger partial charge on any atom is 0.335 e. The van der Waals surface area contributed by atoms with E-state index in [2.05, 4.69) is 36.8 Å². The Morgan fingerprint density at radius 2 is 2.00 bits per heavy atom. The quantitative estimate of drug-likeness (QED) is 0.680. The molecule has 1 aromatic carbocycles. The summed E-state index contributed by atoms with van der Waals surface area (Å²) in [5, 5.41) is 21.0. The lowest BCUT2D eigenvalue weighted by atomic mass is 10.2. The first-order chi connectivity index (χ1) is 9.88. The highest BCUT2D eigenvalue weighted by molar-refractivity contribution is 9.10.